The summed E-state index contributed by atoms with van der Waals surface area (Å²) in [5, 5.41) is 20.8. The van der Waals surface area contributed by atoms with Gasteiger partial charge in [0.05, 0.1) is 6.10 Å². The summed E-state index contributed by atoms with van der Waals surface area (Å²) in [7, 11) is 3.96. The second-order valence-electron chi connectivity index (χ2n) is 13.3. The number of benzene rings is 2. The Morgan fingerprint density at radius 1 is 0.864 bits per heavy atom. The Hall–Kier alpha value is -1.73. The quantitative estimate of drug-likeness (QED) is 0.168. The number of aliphatic hydroxyl groups excluding tert-OH is 1. The number of aliphatic hydroxyl groups is 1. The molecule has 0 aromatic heterocycles. The molecule has 0 amide bonds. The van der Waals surface area contributed by atoms with Gasteiger partial charge in [0.25, 0.3) is 0 Å². The highest BCUT2D eigenvalue weighted by molar-refractivity contribution is 8.76. The molecule has 2 aliphatic rings. The lowest BCUT2D eigenvalue weighted by molar-refractivity contribution is -0.138. The van der Waals surface area contributed by atoms with Gasteiger partial charge in [-0.2, -0.15) is 0 Å². The molecule has 1 heterocycles. The lowest BCUT2D eigenvalue weighted by Gasteiger charge is -2.31. The standard InChI is InChI=1S/C38H55NO3S2/c39-23-22-33-19-18-32(16-9-17-37(40)25-30-12-5-2-6-13-30)36(24-29-10-3-1-4-11-29)28-44-43-27-35-15-8-7-14-31(35)20-21-34(33)26-38(41)42/h1,3-4,7-11,14-15,17,30,32-34,36-37,40H,2,5-6,12-13,16,18-28,39H2,(H,41,42). The maximum Gasteiger partial charge on any atom is 0.303 e. The molecule has 2 aromatic rings. The summed E-state index contributed by atoms with van der Waals surface area (Å²) in [6.45, 7) is 0.592. The van der Waals surface area contributed by atoms with Crippen LogP contribution in [0.15, 0.2) is 66.7 Å². The van der Waals surface area contributed by atoms with Crippen molar-refractivity contribution in [3.8, 4) is 0 Å². The zero-order chi connectivity index (χ0) is 31.0. The van der Waals surface area contributed by atoms with E-state index in [9.17, 15) is 15.0 Å². The van der Waals surface area contributed by atoms with E-state index in [1.807, 2.05) is 21.6 Å². The van der Waals surface area contributed by atoms with Crippen LogP contribution in [0, 0.1) is 29.6 Å². The van der Waals surface area contributed by atoms with Crippen molar-refractivity contribution in [3.05, 3.63) is 83.4 Å². The molecule has 2 aromatic carbocycles. The Bertz CT molecular complexity index is 1120. The van der Waals surface area contributed by atoms with Crippen molar-refractivity contribution in [1.29, 1.82) is 0 Å². The largest absolute Gasteiger partial charge is 0.481 e. The van der Waals surface area contributed by atoms with Crippen molar-refractivity contribution >= 4 is 27.6 Å². The minimum Gasteiger partial charge on any atom is -0.481 e. The monoisotopic (exact) mass is 637 g/mol. The predicted molar refractivity (Wildman–Crippen MR) is 189 cm³/mol. The Kier molecular flexibility index (Phi) is 15.7. The van der Waals surface area contributed by atoms with E-state index in [-0.39, 0.29) is 18.4 Å². The van der Waals surface area contributed by atoms with E-state index in [1.54, 1.807) is 0 Å². The van der Waals surface area contributed by atoms with Crippen LogP contribution in [0.4, 0.5) is 0 Å². The third-order valence-corrected chi connectivity index (χ3v) is 12.6. The minimum absolute atomic E-state index is 0.121. The van der Waals surface area contributed by atoms with Gasteiger partial charge in [-0.05, 0) is 104 Å². The van der Waals surface area contributed by atoms with E-state index >= 15 is 0 Å². The van der Waals surface area contributed by atoms with Crippen molar-refractivity contribution in [2.45, 2.75) is 102 Å². The molecular formula is C38H55NO3S2. The number of nitrogens with two attached hydrogens (primary N) is 1. The van der Waals surface area contributed by atoms with Gasteiger partial charge in [0, 0.05) is 17.9 Å². The average molecular weight is 638 g/mol. The van der Waals surface area contributed by atoms with Crippen LogP contribution in [0.5, 0.6) is 0 Å². The number of carboxylic acids is 1. The molecule has 1 aliphatic heterocycles. The summed E-state index contributed by atoms with van der Waals surface area (Å²) < 4.78 is 0. The third kappa shape index (κ3) is 12.2. The number of fused-ring (bicyclic) bond motifs is 1. The van der Waals surface area contributed by atoms with Crippen LogP contribution < -0.4 is 5.73 Å². The molecule has 0 spiro atoms. The van der Waals surface area contributed by atoms with Gasteiger partial charge in [-0.1, -0.05) is 120 Å². The number of rotatable bonds is 11. The van der Waals surface area contributed by atoms with E-state index in [2.05, 4.69) is 66.7 Å². The molecule has 44 heavy (non-hydrogen) atoms. The van der Waals surface area contributed by atoms with E-state index in [1.165, 1.54) is 48.8 Å². The minimum atomic E-state index is -0.702. The number of carboxylic acid groups (broad SMARTS) is 1. The first-order chi connectivity index (χ1) is 21.5. The van der Waals surface area contributed by atoms with Gasteiger partial charge < -0.3 is 15.9 Å². The first kappa shape index (κ1) is 35.1. The van der Waals surface area contributed by atoms with Crippen molar-refractivity contribution in [1.82, 2.24) is 0 Å². The van der Waals surface area contributed by atoms with Crippen molar-refractivity contribution in [2.75, 3.05) is 12.3 Å². The van der Waals surface area contributed by atoms with Crippen LogP contribution in [0.3, 0.4) is 0 Å². The second kappa shape index (κ2) is 19.7. The molecular weight excluding hydrogens is 583 g/mol. The molecule has 4 N–H and O–H groups in total. The fourth-order valence-electron chi connectivity index (χ4n) is 7.59. The Morgan fingerprint density at radius 3 is 2.34 bits per heavy atom. The van der Waals surface area contributed by atoms with Crippen molar-refractivity contribution in [2.24, 2.45) is 35.3 Å². The van der Waals surface area contributed by atoms with Gasteiger partial charge in [-0.25, -0.2) is 0 Å². The maximum absolute atomic E-state index is 12.0. The third-order valence-electron chi connectivity index (χ3n) is 10.1. The molecule has 1 saturated carbocycles. The number of aliphatic carboxylic acids is 1. The van der Waals surface area contributed by atoms with Gasteiger partial charge >= 0.3 is 5.97 Å². The van der Waals surface area contributed by atoms with Crippen LogP contribution >= 0.6 is 21.6 Å². The van der Waals surface area contributed by atoms with Crippen LogP contribution in [0.2, 0.25) is 0 Å². The fraction of sp³-hybridized carbons (Fsp3) is 0.605. The van der Waals surface area contributed by atoms with Gasteiger partial charge in [0.2, 0.25) is 0 Å². The van der Waals surface area contributed by atoms with E-state index in [4.69, 9.17) is 5.73 Å². The number of hydrogen-bond donors (Lipinski definition) is 3. The first-order valence-electron chi connectivity index (χ1n) is 17.1. The molecule has 1 aliphatic carbocycles. The van der Waals surface area contributed by atoms with Gasteiger partial charge in [0.15, 0.2) is 0 Å². The highest BCUT2D eigenvalue weighted by Gasteiger charge is 2.28. The number of hydrogen-bond acceptors (Lipinski definition) is 5. The summed E-state index contributed by atoms with van der Waals surface area (Å²) >= 11 is 0. The smallest absolute Gasteiger partial charge is 0.303 e. The van der Waals surface area contributed by atoms with E-state index in [0.717, 1.165) is 62.9 Å². The predicted octanol–water partition coefficient (Wildman–Crippen LogP) is 9.10. The maximum atomic E-state index is 12.0. The summed E-state index contributed by atoms with van der Waals surface area (Å²) in [6, 6.07) is 19.6. The lowest BCUT2D eigenvalue weighted by atomic mass is 9.75. The topological polar surface area (TPSA) is 83.5 Å². The molecule has 1 fully saturated rings. The zero-order valence-electron chi connectivity index (χ0n) is 26.5. The Balaban J connectivity index is 1.56. The SMILES string of the molecule is NCCC1CCC(CC=CC(O)CC2CCCCC2)C(Cc2ccccc2)CSSCc2ccccc2CCC1CC(=O)O. The summed E-state index contributed by atoms with van der Waals surface area (Å²) in [5.41, 5.74) is 10.3. The molecule has 0 bridgehead atoms. The molecule has 5 atom stereocenters. The van der Waals surface area contributed by atoms with E-state index < -0.39 is 5.97 Å². The van der Waals surface area contributed by atoms with E-state index in [0.29, 0.717) is 30.2 Å². The molecule has 0 saturated heterocycles. The Labute approximate surface area is 274 Å². The summed E-state index contributed by atoms with van der Waals surface area (Å²) in [5.74, 6) is 3.37. The average Bonchev–Trinajstić information content (AvgIpc) is 3.03. The molecule has 4 nitrogen and oxygen atoms in total. The molecule has 5 unspecified atom stereocenters. The number of carbonyl (C=O) groups is 1. The summed E-state index contributed by atoms with van der Waals surface area (Å²) in [4.78, 5) is 12.0. The molecule has 6 heteroatoms. The number of aryl methyl sites for hydroxylation is 1. The van der Waals surface area contributed by atoms with Crippen LogP contribution in [-0.4, -0.2) is 34.6 Å². The molecule has 4 rings (SSSR count). The number of allylic oxidation sites excluding steroid dienone is 1. The lowest BCUT2D eigenvalue weighted by Crippen LogP contribution is -2.25. The highest BCUT2D eigenvalue weighted by Crippen LogP contribution is 2.39. The fourth-order valence-corrected chi connectivity index (χ4v) is 10.2. The summed E-state index contributed by atoms with van der Waals surface area (Å²) in [6.07, 6.45) is 18.3. The Morgan fingerprint density at radius 2 is 1.59 bits per heavy atom. The van der Waals surface area contributed by atoms with Crippen molar-refractivity contribution < 1.29 is 15.0 Å². The van der Waals surface area contributed by atoms with Gasteiger partial charge in [-0.15, -0.1) is 0 Å². The van der Waals surface area contributed by atoms with Gasteiger partial charge in [-0.3, -0.25) is 4.79 Å². The van der Waals surface area contributed by atoms with Crippen molar-refractivity contribution in [3.63, 3.8) is 0 Å². The van der Waals surface area contributed by atoms with Crippen LogP contribution in [0.1, 0.15) is 93.7 Å². The molecule has 242 valence electrons. The van der Waals surface area contributed by atoms with Gasteiger partial charge in [0.1, 0.15) is 0 Å². The first-order valence-corrected chi connectivity index (χ1v) is 19.6. The second-order valence-corrected chi connectivity index (χ2v) is 15.8. The normalized spacial score (nSPS) is 25.2. The van der Waals surface area contributed by atoms with Crippen LogP contribution in [0.25, 0.3) is 0 Å². The zero-order valence-corrected chi connectivity index (χ0v) is 28.2. The molecule has 0 radical (unpaired) electrons. The van der Waals surface area contributed by atoms with Crippen LogP contribution in [-0.2, 0) is 23.4 Å². The highest BCUT2D eigenvalue weighted by atomic mass is 33.1.